The Morgan fingerprint density at radius 2 is 1.58 bits per heavy atom. The average Bonchev–Trinajstić information content (AvgIpc) is 3.04. The average molecular weight is 449 g/mol. The largest absolute Gasteiger partial charge is 0.365 e. The fourth-order valence-electron chi connectivity index (χ4n) is 2.87. The second-order valence-corrected chi connectivity index (χ2v) is 7.33. The minimum absolute atomic E-state index is 0.0281. The highest BCUT2D eigenvalue weighted by Gasteiger charge is 2.27. The van der Waals surface area contributed by atoms with Gasteiger partial charge in [-0.05, 0) is 26.3 Å². The number of non-ortho nitro benzene ring substituents is 2. The summed E-state index contributed by atoms with van der Waals surface area (Å²) >= 11 is 0.834. The summed E-state index contributed by atoms with van der Waals surface area (Å²) in [7, 11) is 0. The van der Waals surface area contributed by atoms with Gasteiger partial charge in [0.2, 0.25) is 0 Å². The summed E-state index contributed by atoms with van der Waals surface area (Å²) in [6.45, 7) is 5.95. The number of anilines is 1. The minimum Gasteiger partial charge on any atom is -0.365 e. The third kappa shape index (κ3) is 4.83. The summed E-state index contributed by atoms with van der Waals surface area (Å²) in [6, 6.07) is 2.46. The third-order valence-corrected chi connectivity index (χ3v) is 5.65. The first kappa shape index (κ1) is 23.4. The van der Waals surface area contributed by atoms with Gasteiger partial charge in [-0.2, -0.15) is 0 Å². The molecular formula is C18H19N5O7S. The number of nitro groups is 2. The lowest BCUT2D eigenvalue weighted by atomic mass is 10.1. The molecule has 0 fully saturated rings. The van der Waals surface area contributed by atoms with E-state index in [1.807, 2.05) is 0 Å². The van der Waals surface area contributed by atoms with Crippen molar-refractivity contribution in [3.05, 3.63) is 60.0 Å². The van der Waals surface area contributed by atoms with Crippen molar-refractivity contribution in [3.63, 3.8) is 0 Å². The number of amides is 3. The van der Waals surface area contributed by atoms with E-state index in [0.717, 1.165) is 29.5 Å². The van der Waals surface area contributed by atoms with E-state index < -0.39 is 33.0 Å². The summed E-state index contributed by atoms with van der Waals surface area (Å²) in [5.74, 6) is -2.16. The molecule has 3 N–H and O–H groups in total. The molecule has 1 heterocycles. The third-order valence-electron chi connectivity index (χ3n) is 4.45. The standard InChI is InChI=1S/C18H19N5O7S/c1-4-21(5-2)18(26)14-9(3)13(15(19)24)17(31-14)20-16(25)10-6-11(22(27)28)8-12(7-10)23(29)30/h6-8H,4-5H2,1-3H3,(H2,19,24)(H,20,25). The lowest BCUT2D eigenvalue weighted by Gasteiger charge is -2.17. The Bertz CT molecular complexity index is 1060. The van der Waals surface area contributed by atoms with Gasteiger partial charge in [0.1, 0.15) is 5.00 Å². The van der Waals surface area contributed by atoms with Gasteiger partial charge >= 0.3 is 0 Å². The van der Waals surface area contributed by atoms with Crippen molar-refractivity contribution in [2.75, 3.05) is 18.4 Å². The maximum Gasteiger partial charge on any atom is 0.277 e. The van der Waals surface area contributed by atoms with Gasteiger partial charge in [0, 0.05) is 25.2 Å². The minimum atomic E-state index is -0.933. The maximum atomic E-state index is 12.7. The molecule has 164 valence electrons. The summed E-state index contributed by atoms with van der Waals surface area (Å²) in [6.07, 6.45) is 0. The fourth-order valence-corrected chi connectivity index (χ4v) is 4.04. The van der Waals surface area contributed by atoms with Crippen molar-refractivity contribution in [1.82, 2.24) is 4.90 Å². The zero-order valence-electron chi connectivity index (χ0n) is 16.8. The highest BCUT2D eigenvalue weighted by atomic mass is 32.1. The zero-order valence-corrected chi connectivity index (χ0v) is 17.6. The molecule has 0 aliphatic carbocycles. The van der Waals surface area contributed by atoms with Gasteiger partial charge in [-0.1, -0.05) is 0 Å². The maximum absolute atomic E-state index is 12.7. The second kappa shape index (κ2) is 9.30. The van der Waals surface area contributed by atoms with E-state index in [-0.39, 0.29) is 32.5 Å². The number of thiophene rings is 1. The van der Waals surface area contributed by atoms with Crippen LogP contribution in [0, 0.1) is 27.2 Å². The highest BCUT2D eigenvalue weighted by molar-refractivity contribution is 7.18. The van der Waals surface area contributed by atoms with Crippen LogP contribution in [-0.2, 0) is 0 Å². The van der Waals surface area contributed by atoms with Crippen LogP contribution < -0.4 is 11.1 Å². The molecule has 0 saturated carbocycles. The summed E-state index contributed by atoms with van der Waals surface area (Å²) < 4.78 is 0. The van der Waals surface area contributed by atoms with Gasteiger partial charge in [-0.15, -0.1) is 11.3 Å². The normalized spacial score (nSPS) is 10.4. The van der Waals surface area contributed by atoms with Crippen LogP contribution in [0.25, 0.3) is 0 Å². The molecule has 1 aromatic carbocycles. The first-order valence-electron chi connectivity index (χ1n) is 8.99. The second-order valence-electron chi connectivity index (χ2n) is 6.31. The van der Waals surface area contributed by atoms with Gasteiger partial charge < -0.3 is 16.0 Å². The molecule has 2 aromatic rings. The molecule has 31 heavy (non-hydrogen) atoms. The van der Waals surface area contributed by atoms with Crippen LogP contribution >= 0.6 is 11.3 Å². The Morgan fingerprint density at radius 3 is 2.00 bits per heavy atom. The van der Waals surface area contributed by atoms with E-state index in [9.17, 15) is 34.6 Å². The number of rotatable bonds is 8. The summed E-state index contributed by atoms with van der Waals surface area (Å²) in [5.41, 5.74) is 3.99. The number of hydrogen-bond donors (Lipinski definition) is 2. The number of nitro benzene ring substituents is 2. The Kier molecular flexibility index (Phi) is 7.02. The molecule has 0 bridgehead atoms. The number of primary amides is 1. The Balaban J connectivity index is 2.51. The Morgan fingerprint density at radius 1 is 1.06 bits per heavy atom. The first-order chi connectivity index (χ1) is 14.5. The van der Waals surface area contributed by atoms with Gasteiger partial charge in [0.05, 0.1) is 31.9 Å². The van der Waals surface area contributed by atoms with E-state index in [0.29, 0.717) is 13.1 Å². The van der Waals surface area contributed by atoms with E-state index in [1.165, 1.54) is 11.8 Å². The molecule has 0 unspecified atom stereocenters. The monoisotopic (exact) mass is 449 g/mol. The lowest BCUT2D eigenvalue weighted by molar-refractivity contribution is -0.394. The van der Waals surface area contributed by atoms with Gasteiger partial charge in [-0.3, -0.25) is 34.6 Å². The topological polar surface area (TPSA) is 179 Å². The molecule has 0 aliphatic rings. The molecule has 0 spiro atoms. The number of carbonyl (C=O) groups is 3. The van der Waals surface area contributed by atoms with Crippen molar-refractivity contribution < 1.29 is 24.2 Å². The van der Waals surface area contributed by atoms with E-state index >= 15 is 0 Å². The molecule has 1 aromatic heterocycles. The van der Waals surface area contributed by atoms with E-state index in [2.05, 4.69) is 5.32 Å². The van der Waals surface area contributed by atoms with Crippen molar-refractivity contribution in [2.24, 2.45) is 5.73 Å². The summed E-state index contributed by atoms with van der Waals surface area (Å²) in [5, 5.41) is 24.5. The lowest BCUT2D eigenvalue weighted by Crippen LogP contribution is -2.30. The molecule has 13 heteroatoms. The molecule has 0 saturated heterocycles. The zero-order chi connectivity index (χ0) is 23.5. The van der Waals surface area contributed by atoms with Crippen molar-refractivity contribution in [1.29, 1.82) is 0 Å². The number of benzene rings is 1. The molecule has 3 amide bonds. The number of hydrogen-bond acceptors (Lipinski definition) is 8. The SMILES string of the molecule is CCN(CC)C(=O)c1sc(NC(=O)c2cc([N+](=O)[O-])cc([N+](=O)[O-])c2)c(C(N)=O)c1C. The summed E-state index contributed by atoms with van der Waals surface area (Å²) in [4.78, 5) is 59.5. The van der Waals surface area contributed by atoms with Gasteiger partial charge in [0.15, 0.2) is 0 Å². The molecule has 0 atom stereocenters. The Labute approximate surface area is 179 Å². The molecule has 0 radical (unpaired) electrons. The van der Waals surface area contributed by atoms with Crippen LogP contribution in [0.2, 0.25) is 0 Å². The smallest absolute Gasteiger partial charge is 0.277 e. The van der Waals surface area contributed by atoms with Crippen LogP contribution in [0.3, 0.4) is 0 Å². The number of nitrogens with zero attached hydrogens (tertiary/aromatic N) is 3. The number of nitrogens with one attached hydrogen (secondary N) is 1. The molecule has 2 rings (SSSR count). The van der Waals surface area contributed by atoms with Gasteiger partial charge in [0.25, 0.3) is 29.1 Å². The quantitative estimate of drug-likeness (QED) is 0.459. The molecular weight excluding hydrogens is 430 g/mol. The fraction of sp³-hybridized carbons (Fsp3) is 0.278. The van der Waals surface area contributed by atoms with Crippen LogP contribution in [0.1, 0.15) is 49.8 Å². The first-order valence-corrected chi connectivity index (χ1v) is 9.81. The molecule has 12 nitrogen and oxygen atoms in total. The molecule has 0 aliphatic heterocycles. The van der Waals surface area contributed by atoms with Gasteiger partial charge in [-0.25, -0.2) is 0 Å². The van der Waals surface area contributed by atoms with Crippen LogP contribution in [0.15, 0.2) is 18.2 Å². The van der Waals surface area contributed by atoms with Crippen LogP contribution in [0.4, 0.5) is 16.4 Å². The van der Waals surface area contributed by atoms with E-state index in [1.54, 1.807) is 13.8 Å². The Hall–Kier alpha value is -3.87. The number of carbonyl (C=O) groups excluding carboxylic acids is 3. The van der Waals surface area contributed by atoms with Crippen LogP contribution in [0.5, 0.6) is 0 Å². The van der Waals surface area contributed by atoms with Crippen LogP contribution in [-0.4, -0.2) is 45.6 Å². The van der Waals surface area contributed by atoms with E-state index in [4.69, 9.17) is 5.73 Å². The van der Waals surface area contributed by atoms with Crippen molar-refractivity contribution in [3.8, 4) is 0 Å². The predicted molar refractivity (Wildman–Crippen MR) is 113 cm³/mol. The predicted octanol–water partition coefficient (Wildman–Crippen LogP) is 2.71. The van der Waals surface area contributed by atoms with Crippen molar-refractivity contribution in [2.45, 2.75) is 20.8 Å². The highest BCUT2D eigenvalue weighted by Crippen LogP contribution is 2.34. The number of nitrogens with two attached hydrogens (primary N) is 1. The van der Waals surface area contributed by atoms with Crippen molar-refractivity contribution >= 4 is 45.4 Å².